The zero-order valence-electron chi connectivity index (χ0n) is 20.4. The third-order valence-electron chi connectivity index (χ3n) is 6.44. The van der Waals surface area contributed by atoms with E-state index in [4.69, 9.17) is 11.6 Å². The number of H-pyrrole nitrogens is 1. The number of fused-ring (bicyclic) bond motifs is 1. The topological polar surface area (TPSA) is 57.8 Å². The molecule has 0 aliphatic rings. The Balaban J connectivity index is 1.51. The maximum absolute atomic E-state index is 14.0. The van der Waals surface area contributed by atoms with Crippen LogP contribution in [0.4, 0.5) is 13.2 Å². The summed E-state index contributed by atoms with van der Waals surface area (Å²) in [6.45, 7) is 1.82. The van der Waals surface area contributed by atoms with Crippen molar-refractivity contribution >= 4 is 28.4 Å². The fourth-order valence-corrected chi connectivity index (χ4v) is 4.86. The third-order valence-corrected chi connectivity index (χ3v) is 6.69. The molecule has 0 fully saturated rings. The van der Waals surface area contributed by atoms with E-state index in [2.05, 4.69) is 15.3 Å². The van der Waals surface area contributed by atoms with Gasteiger partial charge in [-0.3, -0.25) is 9.78 Å². The Hall–Kier alpha value is -4.10. The van der Waals surface area contributed by atoms with Gasteiger partial charge in [0.25, 0.3) is 0 Å². The lowest BCUT2D eigenvalue weighted by Crippen LogP contribution is -2.32. The van der Waals surface area contributed by atoms with Crippen LogP contribution in [0.3, 0.4) is 0 Å². The second kappa shape index (κ2) is 10.7. The minimum atomic E-state index is -0.710. The first kappa shape index (κ1) is 25.5. The van der Waals surface area contributed by atoms with E-state index in [-0.39, 0.29) is 18.7 Å². The maximum Gasteiger partial charge on any atom is 0.225 e. The van der Waals surface area contributed by atoms with Crippen molar-refractivity contribution in [2.24, 2.45) is 0 Å². The van der Waals surface area contributed by atoms with Crippen LogP contribution in [-0.4, -0.2) is 15.9 Å². The van der Waals surface area contributed by atoms with E-state index in [9.17, 15) is 18.0 Å². The first-order chi connectivity index (χ1) is 18.3. The first-order valence-corrected chi connectivity index (χ1v) is 12.4. The Kier molecular flexibility index (Phi) is 7.20. The van der Waals surface area contributed by atoms with Crippen molar-refractivity contribution in [2.45, 2.75) is 25.8 Å². The number of benzene rings is 3. The highest BCUT2D eigenvalue weighted by molar-refractivity contribution is 6.30. The molecule has 0 unspecified atom stereocenters. The molecule has 3 aromatic carbocycles. The highest BCUT2D eigenvalue weighted by atomic mass is 35.5. The summed E-state index contributed by atoms with van der Waals surface area (Å²) in [5, 5.41) is 4.21. The van der Waals surface area contributed by atoms with Gasteiger partial charge in [0.1, 0.15) is 17.5 Å². The van der Waals surface area contributed by atoms with Crippen molar-refractivity contribution in [2.75, 3.05) is 0 Å². The summed E-state index contributed by atoms with van der Waals surface area (Å²) in [6.07, 6.45) is 1.68. The number of nitrogens with zero attached hydrogens (tertiary/aromatic N) is 1. The molecule has 0 radical (unpaired) electrons. The van der Waals surface area contributed by atoms with E-state index in [1.54, 1.807) is 30.5 Å². The van der Waals surface area contributed by atoms with Crippen molar-refractivity contribution in [3.63, 3.8) is 0 Å². The monoisotopic (exact) mass is 533 g/mol. The Labute approximate surface area is 222 Å². The number of carbonyl (C=O) groups excluding carboxylic acids is 1. The van der Waals surface area contributed by atoms with Gasteiger partial charge in [-0.05, 0) is 78.6 Å². The molecule has 192 valence electrons. The van der Waals surface area contributed by atoms with Crippen LogP contribution in [-0.2, 0) is 17.6 Å². The molecule has 5 rings (SSSR count). The van der Waals surface area contributed by atoms with Crippen molar-refractivity contribution in [3.8, 4) is 11.1 Å². The van der Waals surface area contributed by atoms with Gasteiger partial charge in [-0.15, -0.1) is 0 Å². The molecule has 8 heteroatoms. The molecule has 0 bridgehead atoms. The summed E-state index contributed by atoms with van der Waals surface area (Å²) in [7, 11) is 0. The molecule has 2 heterocycles. The number of halogens is 4. The van der Waals surface area contributed by atoms with Gasteiger partial charge in [0, 0.05) is 39.4 Å². The number of rotatable bonds is 7. The minimum Gasteiger partial charge on any atom is -0.358 e. The standard InChI is InChI=1S/C30H23ClF3N3O/c1-17-25(26-15-21(32)8-9-27(26)36-17)16-29(38)37-28(13-18-11-22(33)14-23(34)12-18)30-24(3-2-10-35-30)19-4-6-20(31)7-5-19/h2-12,14-15,28,36H,13,16H2,1H3,(H,37,38)/t28-/m0/s1. The summed E-state index contributed by atoms with van der Waals surface area (Å²) >= 11 is 6.07. The van der Waals surface area contributed by atoms with E-state index in [1.165, 1.54) is 24.3 Å². The lowest BCUT2D eigenvalue weighted by atomic mass is 9.95. The quantitative estimate of drug-likeness (QED) is 0.231. The molecule has 4 nitrogen and oxygen atoms in total. The van der Waals surface area contributed by atoms with E-state index < -0.39 is 23.5 Å². The van der Waals surface area contributed by atoms with Crippen LogP contribution < -0.4 is 5.32 Å². The second-order valence-corrected chi connectivity index (χ2v) is 9.58. The van der Waals surface area contributed by atoms with Gasteiger partial charge in [-0.2, -0.15) is 0 Å². The minimum absolute atomic E-state index is 0.0214. The number of aromatic amines is 1. The van der Waals surface area contributed by atoms with Gasteiger partial charge in [0.05, 0.1) is 18.2 Å². The van der Waals surface area contributed by atoms with E-state index in [0.29, 0.717) is 27.2 Å². The molecular formula is C30H23ClF3N3O. The lowest BCUT2D eigenvalue weighted by Gasteiger charge is -2.22. The maximum atomic E-state index is 14.0. The average Bonchev–Trinajstić information content (AvgIpc) is 3.17. The number of pyridine rings is 1. The largest absolute Gasteiger partial charge is 0.358 e. The van der Waals surface area contributed by atoms with Crippen molar-refractivity contribution in [1.82, 2.24) is 15.3 Å². The van der Waals surface area contributed by atoms with Gasteiger partial charge >= 0.3 is 0 Å². The Morgan fingerprint density at radius 2 is 1.71 bits per heavy atom. The number of hydrogen-bond donors (Lipinski definition) is 2. The normalized spacial score (nSPS) is 12.0. The number of hydrogen-bond acceptors (Lipinski definition) is 2. The Morgan fingerprint density at radius 3 is 2.45 bits per heavy atom. The van der Waals surface area contributed by atoms with Crippen LogP contribution in [0.15, 0.2) is 79.0 Å². The van der Waals surface area contributed by atoms with E-state index in [1.807, 2.05) is 25.1 Å². The molecule has 0 aliphatic carbocycles. The van der Waals surface area contributed by atoms with Gasteiger partial charge < -0.3 is 10.3 Å². The number of amides is 1. The third kappa shape index (κ3) is 5.58. The number of aromatic nitrogens is 2. The number of aryl methyl sites for hydroxylation is 1. The molecule has 1 amide bonds. The van der Waals surface area contributed by atoms with E-state index in [0.717, 1.165) is 28.4 Å². The Morgan fingerprint density at radius 1 is 0.974 bits per heavy atom. The van der Waals surface area contributed by atoms with Crippen molar-refractivity contribution in [1.29, 1.82) is 0 Å². The summed E-state index contributed by atoms with van der Waals surface area (Å²) in [5.74, 6) is -2.15. The highest BCUT2D eigenvalue weighted by Crippen LogP contribution is 2.30. The molecule has 1 atom stereocenters. The molecular weight excluding hydrogens is 511 g/mol. The summed E-state index contributed by atoms with van der Waals surface area (Å²) in [5.41, 5.74) is 4.63. The van der Waals surface area contributed by atoms with Crippen LogP contribution in [0.25, 0.3) is 22.0 Å². The van der Waals surface area contributed by atoms with Crippen LogP contribution in [0.5, 0.6) is 0 Å². The summed E-state index contributed by atoms with van der Waals surface area (Å²) in [6, 6.07) is 17.8. The van der Waals surface area contributed by atoms with Crippen LogP contribution in [0.2, 0.25) is 5.02 Å². The number of nitrogens with one attached hydrogen (secondary N) is 2. The number of carbonyl (C=O) groups is 1. The molecule has 0 aliphatic heterocycles. The SMILES string of the molecule is Cc1[nH]c2ccc(F)cc2c1CC(=O)N[C@@H](Cc1cc(F)cc(F)c1)c1ncccc1-c1ccc(Cl)cc1. The van der Waals surface area contributed by atoms with Crippen molar-refractivity contribution in [3.05, 3.63) is 124 Å². The van der Waals surface area contributed by atoms with Crippen molar-refractivity contribution < 1.29 is 18.0 Å². The van der Waals surface area contributed by atoms with Gasteiger partial charge in [-0.25, -0.2) is 13.2 Å². The van der Waals surface area contributed by atoms with Crippen LogP contribution in [0.1, 0.15) is 28.6 Å². The lowest BCUT2D eigenvalue weighted by molar-refractivity contribution is -0.121. The zero-order valence-corrected chi connectivity index (χ0v) is 21.1. The molecule has 0 saturated carbocycles. The molecule has 0 spiro atoms. The Bertz CT molecular complexity index is 1610. The zero-order chi connectivity index (χ0) is 26.8. The molecule has 5 aromatic rings. The average molecular weight is 534 g/mol. The van der Waals surface area contributed by atoms with Crippen LogP contribution in [0, 0.1) is 24.4 Å². The predicted molar refractivity (Wildman–Crippen MR) is 142 cm³/mol. The van der Waals surface area contributed by atoms with Crippen LogP contribution >= 0.6 is 11.6 Å². The molecule has 0 saturated heterocycles. The van der Waals surface area contributed by atoms with Gasteiger partial charge in [-0.1, -0.05) is 29.8 Å². The fraction of sp³-hybridized carbons (Fsp3) is 0.133. The van der Waals surface area contributed by atoms with Gasteiger partial charge in [0.15, 0.2) is 0 Å². The first-order valence-electron chi connectivity index (χ1n) is 12.0. The predicted octanol–water partition coefficient (Wildman–Crippen LogP) is 7.25. The molecule has 38 heavy (non-hydrogen) atoms. The van der Waals surface area contributed by atoms with Gasteiger partial charge in [0.2, 0.25) is 5.91 Å². The molecule has 2 aromatic heterocycles. The van der Waals surface area contributed by atoms with E-state index >= 15 is 0 Å². The highest BCUT2D eigenvalue weighted by Gasteiger charge is 2.23. The summed E-state index contributed by atoms with van der Waals surface area (Å²) < 4.78 is 42.0. The second-order valence-electron chi connectivity index (χ2n) is 9.14. The molecule has 2 N–H and O–H groups in total. The summed E-state index contributed by atoms with van der Waals surface area (Å²) in [4.78, 5) is 21.1. The fourth-order valence-electron chi connectivity index (χ4n) is 4.74. The smallest absolute Gasteiger partial charge is 0.225 e.